The van der Waals surface area contributed by atoms with E-state index in [0.717, 1.165) is 6.42 Å². The lowest BCUT2D eigenvalue weighted by molar-refractivity contribution is 0.143. The van der Waals surface area contributed by atoms with E-state index in [4.69, 9.17) is 5.73 Å². The Morgan fingerprint density at radius 3 is 2.61 bits per heavy atom. The third-order valence-corrected chi connectivity index (χ3v) is 4.14. The Labute approximate surface area is 111 Å². The van der Waals surface area contributed by atoms with Gasteiger partial charge in [-0.25, -0.2) is 0 Å². The zero-order valence-corrected chi connectivity index (χ0v) is 11.9. The zero-order chi connectivity index (χ0) is 13.1. The van der Waals surface area contributed by atoms with E-state index in [-0.39, 0.29) is 6.04 Å². The average Bonchev–Trinajstić information content (AvgIpc) is 2.52. The summed E-state index contributed by atoms with van der Waals surface area (Å²) >= 11 is 0. The van der Waals surface area contributed by atoms with Gasteiger partial charge in [-0.3, -0.25) is 4.90 Å². The fourth-order valence-corrected chi connectivity index (χ4v) is 3.12. The number of nitrogens with two attached hydrogens (primary N) is 1. The van der Waals surface area contributed by atoms with E-state index in [1.54, 1.807) is 0 Å². The Morgan fingerprint density at radius 2 is 1.94 bits per heavy atom. The van der Waals surface area contributed by atoms with Gasteiger partial charge in [-0.05, 0) is 51.3 Å². The largest absolute Gasteiger partial charge is 0.326 e. The highest BCUT2D eigenvalue weighted by atomic mass is 15.2. The van der Waals surface area contributed by atoms with Crippen molar-refractivity contribution in [3.63, 3.8) is 0 Å². The lowest BCUT2D eigenvalue weighted by Gasteiger charge is -2.37. The maximum Gasteiger partial charge on any atom is 0.0504 e. The molecule has 1 aromatic rings. The third-order valence-electron chi connectivity index (χ3n) is 4.14. The molecule has 2 rings (SSSR count). The third kappa shape index (κ3) is 2.76. The van der Waals surface area contributed by atoms with E-state index in [1.807, 2.05) is 0 Å². The van der Waals surface area contributed by atoms with Gasteiger partial charge in [0.2, 0.25) is 0 Å². The highest BCUT2D eigenvalue weighted by Gasteiger charge is 2.30. The van der Waals surface area contributed by atoms with Gasteiger partial charge >= 0.3 is 0 Å². The molecular weight excluding hydrogens is 220 g/mol. The summed E-state index contributed by atoms with van der Waals surface area (Å²) in [5, 5.41) is 0. The second kappa shape index (κ2) is 5.85. The van der Waals surface area contributed by atoms with Crippen LogP contribution in [0.4, 0.5) is 0 Å². The van der Waals surface area contributed by atoms with Gasteiger partial charge in [-0.1, -0.05) is 30.7 Å². The molecule has 1 aliphatic heterocycles. The van der Waals surface area contributed by atoms with Crippen LogP contribution in [0.2, 0.25) is 0 Å². The molecule has 1 heterocycles. The van der Waals surface area contributed by atoms with Crippen LogP contribution in [0, 0.1) is 6.92 Å². The van der Waals surface area contributed by atoms with E-state index in [2.05, 4.69) is 49.9 Å². The molecule has 1 aliphatic rings. The fraction of sp³-hybridized carbons (Fsp3) is 0.625. The molecule has 2 atom stereocenters. The minimum atomic E-state index is 0.260. The van der Waals surface area contributed by atoms with E-state index in [1.165, 1.54) is 30.5 Å². The number of benzene rings is 1. The fourth-order valence-electron chi connectivity index (χ4n) is 3.12. The van der Waals surface area contributed by atoms with Crippen LogP contribution >= 0.6 is 0 Å². The Bertz CT molecular complexity index is 386. The first kappa shape index (κ1) is 13.6. The number of hydrogen-bond acceptors (Lipinski definition) is 2. The summed E-state index contributed by atoms with van der Waals surface area (Å²) in [7, 11) is 0. The summed E-state index contributed by atoms with van der Waals surface area (Å²) in [6, 6.07) is 9.90. The van der Waals surface area contributed by atoms with Crippen LogP contribution in [0.1, 0.15) is 50.3 Å². The Balaban J connectivity index is 2.37. The first-order valence-corrected chi connectivity index (χ1v) is 7.18. The first-order valence-electron chi connectivity index (χ1n) is 7.18. The number of likely N-dealkylation sites (tertiary alicyclic amines) is 1. The van der Waals surface area contributed by atoms with Crippen molar-refractivity contribution >= 4 is 0 Å². The SMILES string of the molecule is Cc1ccccc1C1C(N)CCCCN1C(C)C. The topological polar surface area (TPSA) is 29.3 Å². The van der Waals surface area contributed by atoms with Gasteiger partial charge in [-0.2, -0.15) is 0 Å². The molecule has 1 aromatic carbocycles. The summed E-state index contributed by atoms with van der Waals surface area (Å²) in [5.74, 6) is 0. The van der Waals surface area contributed by atoms with Crippen LogP contribution in [-0.4, -0.2) is 23.5 Å². The van der Waals surface area contributed by atoms with Crippen molar-refractivity contribution in [1.82, 2.24) is 4.90 Å². The number of aryl methyl sites for hydroxylation is 1. The monoisotopic (exact) mass is 246 g/mol. The maximum atomic E-state index is 6.47. The van der Waals surface area contributed by atoms with Crippen molar-refractivity contribution in [3.8, 4) is 0 Å². The lowest BCUT2D eigenvalue weighted by Crippen LogP contribution is -2.43. The molecule has 1 saturated heterocycles. The van der Waals surface area contributed by atoms with Gasteiger partial charge < -0.3 is 5.73 Å². The van der Waals surface area contributed by atoms with Crippen molar-refractivity contribution in [2.45, 2.75) is 58.2 Å². The van der Waals surface area contributed by atoms with Crippen molar-refractivity contribution in [2.24, 2.45) is 5.73 Å². The Kier molecular flexibility index (Phi) is 4.41. The van der Waals surface area contributed by atoms with Crippen LogP contribution in [0.25, 0.3) is 0 Å². The van der Waals surface area contributed by atoms with Gasteiger partial charge in [0.05, 0.1) is 6.04 Å². The zero-order valence-electron chi connectivity index (χ0n) is 11.9. The summed E-state index contributed by atoms with van der Waals surface area (Å²) in [4.78, 5) is 2.58. The molecule has 100 valence electrons. The van der Waals surface area contributed by atoms with Crippen LogP contribution in [0.15, 0.2) is 24.3 Å². The van der Waals surface area contributed by atoms with Gasteiger partial charge in [0.25, 0.3) is 0 Å². The second-order valence-corrected chi connectivity index (χ2v) is 5.79. The molecule has 0 bridgehead atoms. The smallest absolute Gasteiger partial charge is 0.0504 e. The van der Waals surface area contributed by atoms with Crippen LogP contribution in [-0.2, 0) is 0 Å². The van der Waals surface area contributed by atoms with E-state index < -0.39 is 0 Å². The highest BCUT2D eigenvalue weighted by Crippen LogP contribution is 2.32. The van der Waals surface area contributed by atoms with E-state index in [0.29, 0.717) is 12.1 Å². The molecule has 0 amide bonds. The van der Waals surface area contributed by atoms with Crippen molar-refractivity contribution in [3.05, 3.63) is 35.4 Å². The average molecular weight is 246 g/mol. The normalized spacial score (nSPS) is 26.3. The van der Waals surface area contributed by atoms with Gasteiger partial charge in [0, 0.05) is 12.1 Å². The maximum absolute atomic E-state index is 6.47. The predicted octanol–water partition coefficient (Wildman–Crippen LogP) is 3.26. The molecule has 2 heteroatoms. The molecule has 0 aliphatic carbocycles. The van der Waals surface area contributed by atoms with E-state index in [9.17, 15) is 0 Å². The number of hydrogen-bond donors (Lipinski definition) is 1. The molecule has 1 fully saturated rings. The summed E-state index contributed by atoms with van der Waals surface area (Å²) in [6.45, 7) is 7.93. The molecule has 0 saturated carbocycles. The predicted molar refractivity (Wildman–Crippen MR) is 77.6 cm³/mol. The molecule has 0 radical (unpaired) electrons. The minimum Gasteiger partial charge on any atom is -0.326 e. The van der Waals surface area contributed by atoms with Crippen LogP contribution in [0.5, 0.6) is 0 Å². The number of nitrogens with zero attached hydrogens (tertiary/aromatic N) is 1. The molecule has 2 N–H and O–H groups in total. The Hall–Kier alpha value is -0.860. The summed E-state index contributed by atoms with van der Waals surface area (Å²) < 4.78 is 0. The lowest BCUT2D eigenvalue weighted by atomic mass is 9.92. The quantitative estimate of drug-likeness (QED) is 0.868. The van der Waals surface area contributed by atoms with Gasteiger partial charge in [0.15, 0.2) is 0 Å². The van der Waals surface area contributed by atoms with Crippen molar-refractivity contribution < 1.29 is 0 Å². The number of rotatable bonds is 2. The standard InChI is InChI=1S/C16H26N2/c1-12(2)18-11-7-6-10-15(17)16(18)14-9-5-4-8-13(14)3/h4-5,8-9,12,15-16H,6-7,10-11,17H2,1-3H3. The van der Waals surface area contributed by atoms with Crippen LogP contribution < -0.4 is 5.73 Å². The van der Waals surface area contributed by atoms with Gasteiger partial charge in [0.1, 0.15) is 0 Å². The summed E-state index contributed by atoms with van der Waals surface area (Å²) in [6.07, 6.45) is 3.67. The minimum absolute atomic E-state index is 0.260. The molecule has 2 nitrogen and oxygen atoms in total. The Morgan fingerprint density at radius 1 is 1.22 bits per heavy atom. The summed E-state index contributed by atoms with van der Waals surface area (Å²) in [5.41, 5.74) is 9.25. The second-order valence-electron chi connectivity index (χ2n) is 5.79. The first-order chi connectivity index (χ1) is 8.61. The van der Waals surface area contributed by atoms with E-state index >= 15 is 0 Å². The molecular formula is C16H26N2. The molecule has 0 aromatic heterocycles. The molecule has 18 heavy (non-hydrogen) atoms. The highest BCUT2D eigenvalue weighted by molar-refractivity contribution is 5.30. The van der Waals surface area contributed by atoms with Crippen molar-refractivity contribution in [2.75, 3.05) is 6.54 Å². The van der Waals surface area contributed by atoms with Gasteiger partial charge in [-0.15, -0.1) is 0 Å². The molecule has 0 spiro atoms. The van der Waals surface area contributed by atoms with Crippen LogP contribution in [0.3, 0.4) is 0 Å². The molecule has 2 unspecified atom stereocenters. The van der Waals surface area contributed by atoms with Crippen molar-refractivity contribution in [1.29, 1.82) is 0 Å².